The Morgan fingerprint density at radius 1 is 1.47 bits per heavy atom. The number of hydrogen-bond acceptors (Lipinski definition) is 3. The summed E-state index contributed by atoms with van der Waals surface area (Å²) in [5, 5.41) is 14.4. The highest BCUT2D eigenvalue weighted by Gasteiger charge is 2.27. The van der Waals surface area contributed by atoms with Gasteiger partial charge in [-0.2, -0.15) is 0 Å². The van der Waals surface area contributed by atoms with E-state index < -0.39 is 6.04 Å². The van der Waals surface area contributed by atoms with Crippen molar-refractivity contribution >= 4 is 17.5 Å². The van der Waals surface area contributed by atoms with E-state index in [-0.39, 0.29) is 18.4 Å². The minimum atomic E-state index is -0.464. The lowest BCUT2D eigenvalue weighted by Crippen LogP contribution is -2.37. The maximum Gasteiger partial charge on any atom is 0.246 e. The maximum absolute atomic E-state index is 11.8. The Morgan fingerprint density at radius 2 is 2.24 bits per heavy atom. The Bertz CT molecular complexity index is 445. The molecule has 2 amide bonds. The van der Waals surface area contributed by atoms with Crippen LogP contribution < -0.4 is 10.6 Å². The second-order valence-corrected chi connectivity index (χ2v) is 3.96. The molecule has 1 saturated heterocycles. The van der Waals surface area contributed by atoms with Crippen LogP contribution in [0.1, 0.15) is 18.4 Å². The number of carbonyl (C=O) groups excluding carboxylic acids is 2. The van der Waals surface area contributed by atoms with Gasteiger partial charge in [0.2, 0.25) is 11.8 Å². The van der Waals surface area contributed by atoms with Crippen LogP contribution in [0.5, 0.6) is 0 Å². The van der Waals surface area contributed by atoms with Crippen molar-refractivity contribution in [1.29, 1.82) is 0 Å². The van der Waals surface area contributed by atoms with E-state index in [4.69, 9.17) is 5.11 Å². The second-order valence-electron chi connectivity index (χ2n) is 3.96. The molecule has 0 aliphatic carbocycles. The molecule has 1 unspecified atom stereocenters. The molecule has 0 saturated carbocycles. The highest BCUT2D eigenvalue weighted by molar-refractivity contribution is 5.99. The number of anilines is 1. The summed E-state index contributed by atoms with van der Waals surface area (Å²) in [5.74, 6) is -0.336. The Morgan fingerprint density at radius 3 is 2.88 bits per heavy atom. The number of amides is 2. The maximum atomic E-state index is 11.8. The number of rotatable bonds is 3. The quantitative estimate of drug-likeness (QED) is 0.708. The van der Waals surface area contributed by atoms with Crippen LogP contribution in [0.25, 0.3) is 0 Å². The van der Waals surface area contributed by atoms with Crippen molar-refractivity contribution in [1.82, 2.24) is 5.32 Å². The molecule has 2 rings (SSSR count). The first-order valence-corrected chi connectivity index (χ1v) is 5.49. The van der Waals surface area contributed by atoms with E-state index in [0.29, 0.717) is 24.1 Å². The van der Waals surface area contributed by atoms with E-state index in [0.717, 1.165) is 0 Å². The Hall–Kier alpha value is -1.88. The number of benzene rings is 1. The van der Waals surface area contributed by atoms with Gasteiger partial charge < -0.3 is 15.7 Å². The summed E-state index contributed by atoms with van der Waals surface area (Å²) in [7, 11) is 0. The van der Waals surface area contributed by atoms with Gasteiger partial charge in [0, 0.05) is 17.7 Å². The summed E-state index contributed by atoms with van der Waals surface area (Å²) in [6.07, 6.45) is 0.908. The molecule has 1 aromatic rings. The SMILES string of the molecule is O=C1CCC(C(=O)Nc2ccccc2CO)N1. The molecule has 1 aliphatic rings. The topological polar surface area (TPSA) is 78.4 Å². The average Bonchev–Trinajstić information content (AvgIpc) is 2.77. The van der Waals surface area contributed by atoms with E-state index >= 15 is 0 Å². The van der Waals surface area contributed by atoms with Gasteiger partial charge in [0.15, 0.2) is 0 Å². The molecule has 17 heavy (non-hydrogen) atoms. The molecule has 0 aromatic heterocycles. The zero-order valence-electron chi connectivity index (χ0n) is 9.27. The van der Waals surface area contributed by atoms with Crippen LogP contribution in [0, 0.1) is 0 Å². The van der Waals surface area contributed by atoms with Gasteiger partial charge in [-0.05, 0) is 12.5 Å². The third-order valence-corrected chi connectivity index (χ3v) is 2.76. The number of carbonyl (C=O) groups is 2. The number of para-hydroxylation sites is 1. The van der Waals surface area contributed by atoms with E-state index in [1.54, 1.807) is 24.3 Å². The van der Waals surface area contributed by atoms with Crippen LogP contribution in [-0.2, 0) is 16.2 Å². The fourth-order valence-electron chi connectivity index (χ4n) is 1.81. The highest BCUT2D eigenvalue weighted by atomic mass is 16.3. The molecule has 5 heteroatoms. The lowest BCUT2D eigenvalue weighted by Gasteiger charge is -2.13. The summed E-state index contributed by atoms with van der Waals surface area (Å²) in [4.78, 5) is 22.8. The summed E-state index contributed by atoms with van der Waals surface area (Å²) in [6, 6.07) is 6.57. The Kier molecular flexibility index (Phi) is 3.39. The van der Waals surface area contributed by atoms with Crippen LogP contribution in [0.2, 0.25) is 0 Å². The fourth-order valence-corrected chi connectivity index (χ4v) is 1.81. The minimum absolute atomic E-state index is 0.0967. The predicted octanol–water partition coefficient (Wildman–Crippen LogP) is 0.396. The van der Waals surface area contributed by atoms with Crippen LogP contribution >= 0.6 is 0 Å². The first-order valence-electron chi connectivity index (χ1n) is 5.49. The van der Waals surface area contributed by atoms with Gasteiger partial charge in [0.25, 0.3) is 0 Å². The van der Waals surface area contributed by atoms with Crippen molar-refractivity contribution in [2.24, 2.45) is 0 Å². The van der Waals surface area contributed by atoms with Crippen molar-refractivity contribution in [2.75, 3.05) is 5.32 Å². The molecule has 0 spiro atoms. The number of aliphatic hydroxyl groups is 1. The van der Waals surface area contributed by atoms with Gasteiger partial charge in [-0.15, -0.1) is 0 Å². The third-order valence-electron chi connectivity index (χ3n) is 2.76. The first kappa shape index (κ1) is 11.6. The van der Waals surface area contributed by atoms with Crippen LogP contribution in [0.3, 0.4) is 0 Å². The normalized spacial score (nSPS) is 18.9. The molecular formula is C12H14N2O3. The molecule has 0 radical (unpaired) electrons. The molecule has 0 bridgehead atoms. The Labute approximate surface area is 98.8 Å². The number of aliphatic hydroxyl groups excluding tert-OH is 1. The summed E-state index contributed by atoms with van der Waals surface area (Å²) < 4.78 is 0. The van der Waals surface area contributed by atoms with Crippen LogP contribution in [0.15, 0.2) is 24.3 Å². The molecule has 3 N–H and O–H groups in total. The van der Waals surface area contributed by atoms with Gasteiger partial charge in [0.1, 0.15) is 6.04 Å². The lowest BCUT2D eigenvalue weighted by molar-refractivity contribution is -0.122. The molecule has 1 atom stereocenters. The Balaban J connectivity index is 2.05. The first-order chi connectivity index (χ1) is 8.20. The van der Waals surface area contributed by atoms with Gasteiger partial charge in [-0.25, -0.2) is 0 Å². The molecule has 1 fully saturated rings. The van der Waals surface area contributed by atoms with Crippen molar-refractivity contribution < 1.29 is 14.7 Å². The fraction of sp³-hybridized carbons (Fsp3) is 0.333. The predicted molar refractivity (Wildman–Crippen MR) is 62.2 cm³/mol. The van der Waals surface area contributed by atoms with Crippen molar-refractivity contribution in [3.63, 3.8) is 0 Å². The summed E-state index contributed by atoms with van der Waals surface area (Å²) in [5.41, 5.74) is 1.24. The van der Waals surface area contributed by atoms with Gasteiger partial charge in [0.05, 0.1) is 6.61 Å². The molecule has 5 nitrogen and oxygen atoms in total. The number of nitrogens with one attached hydrogen (secondary N) is 2. The molecule has 90 valence electrons. The molecular weight excluding hydrogens is 220 g/mol. The van der Waals surface area contributed by atoms with E-state index in [1.165, 1.54) is 0 Å². The van der Waals surface area contributed by atoms with Crippen molar-refractivity contribution in [3.8, 4) is 0 Å². The third kappa shape index (κ3) is 2.62. The van der Waals surface area contributed by atoms with E-state index in [9.17, 15) is 9.59 Å². The van der Waals surface area contributed by atoms with Crippen LogP contribution in [-0.4, -0.2) is 23.0 Å². The van der Waals surface area contributed by atoms with Gasteiger partial charge in [-0.1, -0.05) is 18.2 Å². The highest BCUT2D eigenvalue weighted by Crippen LogP contribution is 2.16. The van der Waals surface area contributed by atoms with Crippen molar-refractivity contribution in [2.45, 2.75) is 25.5 Å². The summed E-state index contributed by atoms with van der Waals surface area (Å²) in [6.45, 7) is -0.131. The van der Waals surface area contributed by atoms with Crippen molar-refractivity contribution in [3.05, 3.63) is 29.8 Å². The lowest BCUT2D eigenvalue weighted by atomic mass is 10.1. The van der Waals surface area contributed by atoms with Crippen LogP contribution in [0.4, 0.5) is 5.69 Å². The molecule has 1 aromatic carbocycles. The molecule has 1 heterocycles. The minimum Gasteiger partial charge on any atom is -0.392 e. The average molecular weight is 234 g/mol. The second kappa shape index (κ2) is 4.97. The smallest absolute Gasteiger partial charge is 0.246 e. The largest absolute Gasteiger partial charge is 0.392 e. The monoisotopic (exact) mass is 234 g/mol. The summed E-state index contributed by atoms with van der Waals surface area (Å²) >= 11 is 0. The number of hydrogen-bond donors (Lipinski definition) is 3. The van der Waals surface area contributed by atoms with Gasteiger partial charge >= 0.3 is 0 Å². The standard InChI is InChI=1S/C12H14N2O3/c15-7-8-3-1-2-4-9(8)14-12(17)10-5-6-11(16)13-10/h1-4,10,15H,5-7H2,(H,13,16)(H,14,17). The molecule has 1 aliphatic heterocycles. The van der Waals surface area contributed by atoms with E-state index in [2.05, 4.69) is 10.6 Å². The van der Waals surface area contributed by atoms with E-state index in [1.807, 2.05) is 0 Å². The van der Waals surface area contributed by atoms with Gasteiger partial charge in [-0.3, -0.25) is 9.59 Å². The zero-order valence-corrected chi connectivity index (χ0v) is 9.27. The zero-order chi connectivity index (χ0) is 12.3.